The van der Waals surface area contributed by atoms with Gasteiger partial charge in [-0.3, -0.25) is 14.5 Å². The predicted molar refractivity (Wildman–Crippen MR) is 146 cm³/mol. The normalized spacial score (nSPS) is 18.5. The largest absolute Gasteiger partial charge is 0.379 e. The Morgan fingerprint density at radius 1 is 1.13 bits per heavy atom. The lowest BCUT2D eigenvalue weighted by Gasteiger charge is -2.25. The quantitative estimate of drug-likeness (QED) is 0.335. The van der Waals surface area contributed by atoms with E-state index in [9.17, 15) is 9.59 Å². The molecule has 202 valence electrons. The van der Waals surface area contributed by atoms with Gasteiger partial charge >= 0.3 is 0 Å². The van der Waals surface area contributed by atoms with E-state index in [-0.39, 0.29) is 11.8 Å². The zero-order valence-electron chi connectivity index (χ0n) is 21.8. The van der Waals surface area contributed by atoms with E-state index < -0.39 is 6.04 Å². The molecule has 6 heterocycles. The fourth-order valence-corrected chi connectivity index (χ4v) is 5.41. The van der Waals surface area contributed by atoms with Gasteiger partial charge < -0.3 is 19.9 Å². The van der Waals surface area contributed by atoms with Crippen LogP contribution in [0.5, 0.6) is 0 Å². The van der Waals surface area contributed by atoms with Crippen molar-refractivity contribution in [3.63, 3.8) is 0 Å². The second kappa shape index (κ2) is 11.3. The minimum Gasteiger partial charge on any atom is -0.379 e. The van der Waals surface area contributed by atoms with Crippen molar-refractivity contribution in [3.05, 3.63) is 60.7 Å². The third kappa shape index (κ3) is 5.41. The highest BCUT2D eigenvalue weighted by Gasteiger charge is 2.32. The highest BCUT2D eigenvalue weighted by Crippen LogP contribution is 2.30. The molecule has 11 nitrogen and oxygen atoms in total. The van der Waals surface area contributed by atoms with Crippen LogP contribution in [0.25, 0.3) is 27.7 Å². The van der Waals surface area contributed by atoms with Crippen molar-refractivity contribution in [3.8, 4) is 11.1 Å². The molecule has 0 saturated carbocycles. The molecule has 2 N–H and O–H groups in total. The molecule has 11 heteroatoms. The second-order valence-electron chi connectivity index (χ2n) is 9.92. The lowest BCUT2D eigenvalue weighted by molar-refractivity contribution is -0.135. The first-order chi connectivity index (χ1) is 19.2. The number of likely N-dealkylation sites (tertiary alicyclic amines) is 1. The molecule has 1 unspecified atom stereocenters. The number of fused-ring (bicyclic) bond motifs is 2. The molecule has 6 rings (SSSR count). The lowest BCUT2D eigenvalue weighted by Crippen LogP contribution is -2.46. The molecule has 2 saturated heterocycles. The number of nitrogens with zero attached hydrogens (tertiary/aromatic N) is 6. The van der Waals surface area contributed by atoms with E-state index in [2.05, 4.69) is 36.4 Å². The molecule has 0 aliphatic carbocycles. The van der Waals surface area contributed by atoms with E-state index in [1.54, 1.807) is 28.0 Å². The van der Waals surface area contributed by atoms with Crippen molar-refractivity contribution in [2.24, 2.45) is 0 Å². The van der Waals surface area contributed by atoms with Crippen LogP contribution in [-0.4, -0.2) is 98.4 Å². The molecule has 2 fully saturated rings. The number of pyridine rings is 1. The number of carbonyl (C=O) groups is 2. The first-order valence-electron chi connectivity index (χ1n) is 13.5. The van der Waals surface area contributed by atoms with Crippen molar-refractivity contribution in [1.82, 2.24) is 39.9 Å². The highest BCUT2D eigenvalue weighted by atomic mass is 16.5. The van der Waals surface area contributed by atoms with Crippen LogP contribution < -0.4 is 5.32 Å². The molecule has 2 amide bonds. The van der Waals surface area contributed by atoms with E-state index in [0.29, 0.717) is 25.9 Å². The molecule has 1 atom stereocenters. The molecule has 0 radical (unpaired) electrons. The van der Waals surface area contributed by atoms with Crippen LogP contribution in [0.4, 0.5) is 0 Å². The Morgan fingerprint density at radius 2 is 2.03 bits per heavy atom. The number of ether oxygens (including phenoxy) is 1. The summed E-state index contributed by atoms with van der Waals surface area (Å²) in [6, 6.07) is 7.51. The number of hydrogen-bond donors (Lipinski definition) is 2. The zero-order chi connectivity index (χ0) is 26.6. The Hall–Kier alpha value is -4.09. The molecular weight excluding hydrogens is 496 g/mol. The second-order valence-corrected chi connectivity index (χ2v) is 9.92. The van der Waals surface area contributed by atoms with Crippen LogP contribution in [0.3, 0.4) is 0 Å². The Balaban J connectivity index is 1.06. The molecule has 0 spiro atoms. The van der Waals surface area contributed by atoms with Gasteiger partial charge in [0.05, 0.1) is 24.9 Å². The maximum atomic E-state index is 13.0. The fraction of sp³-hybridized carbons (Fsp3) is 0.393. The number of morpholine rings is 1. The average molecular weight is 529 g/mol. The summed E-state index contributed by atoms with van der Waals surface area (Å²) in [5.41, 5.74) is 4.70. The maximum Gasteiger partial charge on any atom is 0.246 e. The molecule has 2 aliphatic heterocycles. The van der Waals surface area contributed by atoms with Gasteiger partial charge in [0.2, 0.25) is 11.8 Å². The third-order valence-electron chi connectivity index (χ3n) is 7.44. The minimum absolute atomic E-state index is 0.0991. The summed E-state index contributed by atoms with van der Waals surface area (Å²) < 4.78 is 6.98. The first-order valence-corrected chi connectivity index (χ1v) is 13.5. The lowest BCUT2D eigenvalue weighted by atomic mass is 10.1. The number of rotatable bonds is 8. The fourth-order valence-electron chi connectivity index (χ4n) is 5.41. The number of amides is 2. The summed E-state index contributed by atoms with van der Waals surface area (Å²) in [5, 5.41) is 12.6. The van der Waals surface area contributed by atoms with Crippen molar-refractivity contribution >= 4 is 28.4 Å². The molecule has 0 aromatic carbocycles. The van der Waals surface area contributed by atoms with Gasteiger partial charge in [-0.05, 0) is 42.7 Å². The summed E-state index contributed by atoms with van der Waals surface area (Å²) in [6.07, 6.45) is 10.9. The average Bonchev–Trinajstić information content (AvgIpc) is 3.71. The van der Waals surface area contributed by atoms with E-state index in [1.807, 2.05) is 30.5 Å². The van der Waals surface area contributed by atoms with Gasteiger partial charge in [0.25, 0.3) is 0 Å². The zero-order valence-corrected chi connectivity index (χ0v) is 21.8. The van der Waals surface area contributed by atoms with Gasteiger partial charge in [0.1, 0.15) is 11.7 Å². The number of hydrogen-bond acceptors (Lipinski definition) is 7. The van der Waals surface area contributed by atoms with Crippen molar-refractivity contribution < 1.29 is 14.3 Å². The summed E-state index contributed by atoms with van der Waals surface area (Å²) in [5.74, 6) is -0.200. The predicted octanol–water partition coefficient (Wildman–Crippen LogP) is 1.81. The Bertz CT molecular complexity index is 1500. The summed E-state index contributed by atoms with van der Waals surface area (Å²) in [7, 11) is 0. The number of carbonyl (C=O) groups excluding carboxylic acids is 2. The van der Waals surface area contributed by atoms with Crippen LogP contribution in [-0.2, 0) is 20.7 Å². The SMILES string of the molecule is O=C(NCCc1cc2c(-c3cnn4ncccc34)ccnc2[nH]1)C1CCCN1C(=O)C=CCN1CCOCC1. The van der Waals surface area contributed by atoms with Crippen LogP contribution in [0, 0.1) is 0 Å². The Kier molecular flexibility index (Phi) is 7.33. The monoisotopic (exact) mass is 528 g/mol. The number of H-pyrrole nitrogens is 1. The van der Waals surface area contributed by atoms with E-state index in [0.717, 1.165) is 72.6 Å². The van der Waals surface area contributed by atoms with Crippen molar-refractivity contribution in [2.45, 2.75) is 25.3 Å². The topological polar surface area (TPSA) is 121 Å². The first kappa shape index (κ1) is 25.2. The molecule has 4 aromatic heterocycles. The highest BCUT2D eigenvalue weighted by molar-refractivity contribution is 5.97. The van der Waals surface area contributed by atoms with Crippen LogP contribution in [0.2, 0.25) is 0 Å². The van der Waals surface area contributed by atoms with Crippen LogP contribution in [0.15, 0.2) is 55.0 Å². The standard InChI is InChI=1S/C28H32N8O3/c37-26(6-3-12-34-14-16-39-17-15-34)35-13-2-5-25(35)28(38)30-10-7-20-18-22-21(8-11-29-27(22)33-20)23-19-32-36-24(23)4-1-9-31-36/h1,3-4,6,8-9,11,18-19,25H,2,5,7,10,12-17H2,(H,29,33)(H,30,38). The minimum atomic E-state index is -0.425. The molecule has 39 heavy (non-hydrogen) atoms. The van der Waals surface area contributed by atoms with Gasteiger partial charge in [0.15, 0.2) is 0 Å². The molecular formula is C28H32N8O3. The van der Waals surface area contributed by atoms with E-state index >= 15 is 0 Å². The Labute approximate surface area is 225 Å². The summed E-state index contributed by atoms with van der Waals surface area (Å²) in [4.78, 5) is 37.6. The van der Waals surface area contributed by atoms with E-state index in [4.69, 9.17) is 4.74 Å². The number of aromatic amines is 1. The van der Waals surface area contributed by atoms with Crippen LogP contribution in [0.1, 0.15) is 18.5 Å². The maximum absolute atomic E-state index is 13.0. The van der Waals surface area contributed by atoms with Gasteiger partial charge in [0, 0.05) is 74.3 Å². The Morgan fingerprint density at radius 3 is 2.92 bits per heavy atom. The molecule has 0 bridgehead atoms. The summed E-state index contributed by atoms with van der Waals surface area (Å²) in [6.45, 7) is 4.99. The van der Waals surface area contributed by atoms with Gasteiger partial charge in [-0.25, -0.2) is 4.98 Å². The van der Waals surface area contributed by atoms with Gasteiger partial charge in [-0.2, -0.15) is 14.8 Å². The van der Waals surface area contributed by atoms with E-state index in [1.165, 1.54) is 0 Å². The van der Waals surface area contributed by atoms with Crippen molar-refractivity contribution in [1.29, 1.82) is 0 Å². The summed E-state index contributed by atoms with van der Waals surface area (Å²) >= 11 is 0. The molecule has 2 aliphatic rings. The van der Waals surface area contributed by atoms with Gasteiger partial charge in [-0.1, -0.05) is 6.08 Å². The number of nitrogens with one attached hydrogen (secondary N) is 2. The smallest absolute Gasteiger partial charge is 0.246 e. The third-order valence-corrected chi connectivity index (χ3v) is 7.44. The number of aromatic nitrogens is 5. The van der Waals surface area contributed by atoms with Crippen molar-refractivity contribution in [2.75, 3.05) is 45.9 Å². The van der Waals surface area contributed by atoms with Gasteiger partial charge in [-0.15, -0.1) is 0 Å². The van der Waals surface area contributed by atoms with Crippen LogP contribution >= 0.6 is 0 Å². The molecule has 4 aromatic rings.